The fourth-order valence-corrected chi connectivity index (χ4v) is 1.82. The number of halogens is 1. The minimum absolute atomic E-state index is 0.576. The zero-order valence-corrected chi connectivity index (χ0v) is 11.5. The number of nitrogens with two attached hydrogens (primary N) is 1. The average molecular weight is 279 g/mol. The lowest BCUT2D eigenvalue weighted by Crippen LogP contribution is -1.99. The first-order chi connectivity index (χ1) is 9.13. The molecule has 0 saturated carbocycles. The van der Waals surface area contributed by atoms with E-state index in [9.17, 15) is 0 Å². The lowest BCUT2D eigenvalue weighted by atomic mass is 10.2. The predicted molar refractivity (Wildman–Crippen MR) is 78.7 cm³/mol. The minimum Gasteiger partial charge on any atom is -0.493 e. The minimum atomic E-state index is 0.576. The molecule has 19 heavy (non-hydrogen) atoms. The zero-order valence-electron chi connectivity index (χ0n) is 10.7. The zero-order chi connectivity index (χ0) is 13.8. The van der Waals surface area contributed by atoms with E-state index in [4.69, 9.17) is 26.8 Å². The van der Waals surface area contributed by atoms with Gasteiger partial charge >= 0.3 is 0 Å². The predicted octanol–water partition coefficient (Wildman–Crippen LogP) is 3.68. The third-order valence-corrected chi connectivity index (χ3v) is 2.93. The molecule has 2 aromatic rings. The van der Waals surface area contributed by atoms with Crippen molar-refractivity contribution in [1.29, 1.82) is 0 Å². The molecule has 0 unspecified atom stereocenters. The molecule has 0 aromatic heterocycles. The van der Waals surface area contributed by atoms with Crippen molar-refractivity contribution >= 4 is 28.7 Å². The first kappa shape index (κ1) is 13.4. The molecular weight excluding hydrogens is 264 g/mol. The van der Waals surface area contributed by atoms with Gasteiger partial charge in [0.2, 0.25) is 0 Å². The molecule has 5 heteroatoms. The first-order valence-corrected chi connectivity index (χ1v) is 6.06. The van der Waals surface area contributed by atoms with Crippen molar-refractivity contribution in [3.63, 3.8) is 0 Å². The Morgan fingerprint density at radius 3 is 2.16 bits per heavy atom. The fourth-order valence-electron chi connectivity index (χ4n) is 1.69. The van der Waals surface area contributed by atoms with Crippen LogP contribution in [0.2, 0.25) is 5.02 Å². The maximum absolute atomic E-state index is 5.97. The van der Waals surface area contributed by atoms with E-state index in [-0.39, 0.29) is 0 Å². The summed E-state index contributed by atoms with van der Waals surface area (Å²) in [5.41, 5.74) is 8.19. The standard InChI is InChI=1S/C14H15ClN2O2/c1-18-13-7-11(16)12(8-14(13)19-2)17-10-5-3-9(15)4-6-10/h3-8,17H,16H2,1-2H3. The van der Waals surface area contributed by atoms with E-state index in [1.54, 1.807) is 38.5 Å². The van der Waals surface area contributed by atoms with Crippen molar-refractivity contribution in [3.05, 3.63) is 41.4 Å². The molecule has 2 aromatic carbocycles. The number of anilines is 3. The summed E-state index contributed by atoms with van der Waals surface area (Å²) in [5, 5.41) is 3.89. The Balaban J connectivity index is 2.32. The number of ether oxygens (including phenoxy) is 2. The number of hydrogen-bond donors (Lipinski definition) is 2. The third-order valence-electron chi connectivity index (χ3n) is 2.68. The van der Waals surface area contributed by atoms with Crippen molar-refractivity contribution < 1.29 is 9.47 Å². The summed E-state index contributed by atoms with van der Waals surface area (Å²) in [6.45, 7) is 0. The molecule has 0 aliphatic carbocycles. The smallest absolute Gasteiger partial charge is 0.162 e. The normalized spacial score (nSPS) is 10.1. The van der Waals surface area contributed by atoms with E-state index in [1.165, 1.54) is 0 Å². The van der Waals surface area contributed by atoms with Crippen LogP contribution in [0.25, 0.3) is 0 Å². The van der Waals surface area contributed by atoms with Crippen LogP contribution in [0.1, 0.15) is 0 Å². The van der Waals surface area contributed by atoms with Crippen LogP contribution in [-0.4, -0.2) is 14.2 Å². The van der Waals surface area contributed by atoms with Gasteiger partial charge in [0.15, 0.2) is 11.5 Å². The lowest BCUT2D eigenvalue weighted by Gasteiger charge is -2.14. The van der Waals surface area contributed by atoms with Gasteiger partial charge in [-0.2, -0.15) is 0 Å². The van der Waals surface area contributed by atoms with Crippen molar-refractivity contribution in [1.82, 2.24) is 0 Å². The quantitative estimate of drug-likeness (QED) is 0.838. The summed E-state index contributed by atoms with van der Waals surface area (Å²) in [5.74, 6) is 1.22. The lowest BCUT2D eigenvalue weighted by molar-refractivity contribution is 0.355. The van der Waals surface area contributed by atoms with Gasteiger partial charge in [-0.1, -0.05) is 11.6 Å². The van der Waals surface area contributed by atoms with Crippen LogP contribution < -0.4 is 20.5 Å². The van der Waals surface area contributed by atoms with Crippen LogP contribution in [0.3, 0.4) is 0 Å². The highest BCUT2D eigenvalue weighted by molar-refractivity contribution is 6.30. The maximum Gasteiger partial charge on any atom is 0.162 e. The monoisotopic (exact) mass is 278 g/mol. The largest absolute Gasteiger partial charge is 0.493 e. The van der Waals surface area contributed by atoms with E-state index in [0.29, 0.717) is 22.2 Å². The fraction of sp³-hybridized carbons (Fsp3) is 0.143. The number of rotatable bonds is 4. The van der Waals surface area contributed by atoms with Gasteiger partial charge < -0.3 is 20.5 Å². The molecule has 0 aliphatic heterocycles. The summed E-state index contributed by atoms with van der Waals surface area (Å²) in [6.07, 6.45) is 0. The molecule has 0 aliphatic rings. The molecule has 2 rings (SSSR count). The maximum atomic E-state index is 5.97. The van der Waals surface area contributed by atoms with Crippen LogP contribution in [0.4, 0.5) is 17.1 Å². The Kier molecular flexibility index (Phi) is 4.02. The average Bonchev–Trinajstić information content (AvgIpc) is 2.43. The summed E-state index contributed by atoms with van der Waals surface area (Å²) >= 11 is 5.84. The molecule has 0 spiro atoms. The van der Waals surface area contributed by atoms with Gasteiger partial charge in [-0.05, 0) is 24.3 Å². The summed E-state index contributed by atoms with van der Waals surface area (Å²) in [7, 11) is 3.16. The number of nitrogens with one attached hydrogen (secondary N) is 1. The van der Waals surface area contributed by atoms with Crippen LogP contribution in [0, 0.1) is 0 Å². The van der Waals surface area contributed by atoms with Gasteiger partial charge in [-0.25, -0.2) is 0 Å². The Bertz CT molecular complexity index is 570. The molecule has 100 valence electrons. The molecule has 0 bridgehead atoms. The SMILES string of the molecule is COc1cc(N)c(Nc2ccc(Cl)cc2)cc1OC. The molecule has 0 saturated heterocycles. The van der Waals surface area contributed by atoms with Crippen LogP contribution in [-0.2, 0) is 0 Å². The van der Waals surface area contributed by atoms with Gasteiger partial charge in [0.1, 0.15) is 0 Å². The molecular formula is C14H15ClN2O2. The van der Waals surface area contributed by atoms with Gasteiger partial charge in [0.05, 0.1) is 25.6 Å². The van der Waals surface area contributed by atoms with E-state index in [0.717, 1.165) is 11.4 Å². The van der Waals surface area contributed by atoms with Crippen LogP contribution >= 0.6 is 11.6 Å². The van der Waals surface area contributed by atoms with Gasteiger partial charge in [0.25, 0.3) is 0 Å². The highest BCUT2D eigenvalue weighted by atomic mass is 35.5. The van der Waals surface area contributed by atoms with Crippen molar-refractivity contribution in [3.8, 4) is 11.5 Å². The summed E-state index contributed by atoms with van der Waals surface area (Å²) in [4.78, 5) is 0. The first-order valence-electron chi connectivity index (χ1n) is 5.68. The Labute approximate surface area is 117 Å². The second kappa shape index (κ2) is 5.71. The summed E-state index contributed by atoms with van der Waals surface area (Å²) < 4.78 is 10.4. The van der Waals surface area contributed by atoms with E-state index < -0.39 is 0 Å². The second-order valence-electron chi connectivity index (χ2n) is 3.93. The van der Waals surface area contributed by atoms with Crippen molar-refractivity contribution in [2.75, 3.05) is 25.3 Å². The molecule has 0 fully saturated rings. The van der Waals surface area contributed by atoms with E-state index in [2.05, 4.69) is 5.32 Å². The van der Waals surface area contributed by atoms with Crippen molar-refractivity contribution in [2.45, 2.75) is 0 Å². The second-order valence-corrected chi connectivity index (χ2v) is 4.36. The Hall–Kier alpha value is -2.07. The number of hydrogen-bond acceptors (Lipinski definition) is 4. The van der Waals surface area contributed by atoms with Crippen molar-refractivity contribution in [2.24, 2.45) is 0 Å². The molecule has 0 radical (unpaired) electrons. The highest BCUT2D eigenvalue weighted by Gasteiger charge is 2.09. The van der Waals surface area contributed by atoms with Gasteiger partial charge in [0, 0.05) is 22.8 Å². The molecule has 0 atom stereocenters. The highest BCUT2D eigenvalue weighted by Crippen LogP contribution is 2.36. The van der Waals surface area contributed by atoms with Crippen LogP contribution in [0.5, 0.6) is 11.5 Å². The number of nitrogen functional groups attached to an aromatic ring is 1. The topological polar surface area (TPSA) is 56.5 Å². The van der Waals surface area contributed by atoms with Crippen LogP contribution in [0.15, 0.2) is 36.4 Å². The number of methoxy groups -OCH3 is 2. The Morgan fingerprint density at radius 1 is 1.00 bits per heavy atom. The Morgan fingerprint density at radius 2 is 1.58 bits per heavy atom. The van der Waals surface area contributed by atoms with Gasteiger partial charge in [-0.15, -0.1) is 0 Å². The van der Waals surface area contributed by atoms with E-state index in [1.807, 2.05) is 12.1 Å². The molecule has 0 amide bonds. The molecule has 3 N–H and O–H groups in total. The molecule has 0 heterocycles. The molecule has 4 nitrogen and oxygen atoms in total. The van der Waals surface area contributed by atoms with Gasteiger partial charge in [-0.3, -0.25) is 0 Å². The third kappa shape index (κ3) is 3.03. The van der Waals surface area contributed by atoms with E-state index >= 15 is 0 Å². The summed E-state index contributed by atoms with van der Waals surface area (Å²) in [6, 6.07) is 10.9. The number of benzene rings is 2.